The Kier molecular flexibility index (Phi) is 11.7. The second-order valence-corrected chi connectivity index (χ2v) is 18.2. The molecule has 0 bridgehead atoms. The van der Waals surface area contributed by atoms with Crippen molar-refractivity contribution in [2.45, 2.75) is 27.7 Å². The van der Waals surface area contributed by atoms with Gasteiger partial charge < -0.3 is 9.13 Å². The van der Waals surface area contributed by atoms with E-state index in [4.69, 9.17) is 4.99 Å². The number of para-hydroxylation sites is 3. The number of hydrogen-bond acceptors (Lipinski definition) is 1. The van der Waals surface area contributed by atoms with Crippen molar-refractivity contribution < 1.29 is 0 Å². The molecule has 1 aliphatic rings. The average molecular weight is 900 g/mol. The molecule has 11 aromatic rings. The molecule has 0 aliphatic heterocycles. The van der Waals surface area contributed by atoms with Crippen molar-refractivity contribution in [3.05, 3.63) is 277 Å². The molecular weight excluding hydrogens is 847 g/mol. The standard InChI is InChI=1S/C37H26N2.C30H27N/c1-25-16-19-35-31(22-25)33-24-27(18-21-37(33)39(35)29-12-6-3-7-13-29)26-17-20-36-32(23-26)30-14-8-9-15-34(30)38(36)28-10-4-2-5-11-28;1-21-13-8-9-17-26(21)30-22(2)14-12-19-28(30)24(4)31-29-20-11-10-18-27(29)23(3)25-15-6-5-7-16-25/h2-24H,1H3;5-20H,4H2,1-3H3/b;27-23+,31-29?. The Hall–Kier alpha value is -8.79. The smallest absolute Gasteiger partial charge is 0.0712 e. The normalized spacial score (nSPS) is 13.6. The first-order chi connectivity index (χ1) is 34.3. The summed E-state index contributed by atoms with van der Waals surface area (Å²) in [5.74, 6) is 0. The third-order valence-electron chi connectivity index (χ3n) is 13.7. The van der Waals surface area contributed by atoms with Crippen molar-refractivity contribution in [2.75, 3.05) is 0 Å². The molecule has 9 aromatic carbocycles. The molecular formula is C67H53N3. The predicted octanol–water partition coefficient (Wildman–Crippen LogP) is 17.8. The zero-order chi connectivity index (χ0) is 47.7. The molecule has 336 valence electrons. The molecule has 12 rings (SSSR count). The third kappa shape index (κ3) is 8.12. The quantitative estimate of drug-likeness (QED) is 0.152. The van der Waals surface area contributed by atoms with Crippen molar-refractivity contribution in [1.29, 1.82) is 0 Å². The van der Waals surface area contributed by atoms with Gasteiger partial charge in [0.1, 0.15) is 0 Å². The van der Waals surface area contributed by atoms with Crippen LogP contribution in [0.3, 0.4) is 0 Å². The highest BCUT2D eigenvalue weighted by Crippen LogP contribution is 2.39. The van der Waals surface area contributed by atoms with Crippen LogP contribution in [-0.4, -0.2) is 14.8 Å². The SMILES string of the molecule is C=C(N=C1C=CC=C/C1=C(/C)c1ccccc1)c1cccc(C)c1-c1ccccc1C.Cc1ccc2c(c1)c1cc(-c3ccc4c(c3)c3ccccc3n4-c3ccccc3)ccc1n2-c1ccccc1. The summed E-state index contributed by atoms with van der Waals surface area (Å²) < 4.78 is 4.75. The Labute approximate surface area is 410 Å². The highest BCUT2D eigenvalue weighted by molar-refractivity contribution is 6.18. The lowest BCUT2D eigenvalue weighted by atomic mass is 9.91. The number of aliphatic imine (C=N–C) groups is 1. The summed E-state index contributed by atoms with van der Waals surface area (Å²) in [4.78, 5) is 5.02. The Balaban J connectivity index is 0.000000157. The van der Waals surface area contributed by atoms with Crippen LogP contribution in [0.1, 0.15) is 34.7 Å². The monoisotopic (exact) mass is 899 g/mol. The lowest BCUT2D eigenvalue weighted by molar-refractivity contribution is 1.18. The molecule has 2 aromatic heterocycles. The van der Waals surface area contributed by atoms with Gasteiger partial charge in [-0.3, -0.25) is 0 Å². The lowest BCUT2D eigenvalue weighted by Crippen LogP contribution is -2.04. The van der Waals surface area contributed by atoms with Crippen LogP contribution in [0.2, 0.25) is 0 Å². The second-order valence-electron chi connectivity index (χ2n) is 18.2. The maximum absolute atomic E-state index is 5.02. The predicted molar refractivity (Wildman–Crippen MR) is 300 cm³/mol. The van der Waals surface area contributed by atoms with Gasteiger partial charge in [0.25, 0.3) is 0 Å². The summed E-state index contributed by atoms with van der Waals surface area (Å²) in [6.45, 7) is 13.0. The van der Waals surface area contributed by atoms with Gasteiger partial charge in [-0.25, -0.2) is 4.99 Å². The molecule has 0 spiro atoms. The molecule has 3 nitrogen and oxygen atoms in total. The van der Waals surface area contributed by atoms with Gasteiger partial charge in [0.15, 0.2) is 0 Å². The molecule has 0 N–H and O–H groups in total. The van der Waals surface area contributed by atoms with Gasteiger partial charge in [-0.05, 0) is 145 Å². The van der Waals surface area contributed by atoms with Crippen molar-refractivity contribution >= 4 is 60.6 Å². The molecule has 0 amide bonds. The van der Waals surface area contributed by atoms with Crippen molar-refractivity contribution in [1.82, 2.24) is 9.13 Å². The zero-order valence-corrected chi connectivity index (χ0v) is 40.1. The Morgan fingerprint density at radius 3 is 1.61 bits per heavy atom. The number of nitrogens with zero attached hydrogens (tertiary/aromatic N) is 3. The average Bonchev–Trinajstić information content (AvgIpc) is 3.91. The zero-order valence-electron chi connectivity index (χ0n) is 40.1. The molecule has 0 fully saturated rings. The number of hydrogen-bond donors (Lipinski definition) is 0. The van der Waals surface area contributed by atoms with E-state index in [1.165, 1.54) is 105 Å². The highest BCUT2D eigenvalue weighted by atomic mass is 15.0. The first kappa shape index (κ1) is 43.8. The first-order valence-corrected chi connectivity index (χ1v) is 24.1. The van der Waals surface area contributed by atoms with Gasteiger partial charge in [0.2, 0.25) is 0 Å². The minimum Gasteiger partial charge on any atom is -0.309 e. The molecule has 0 radical (unpaired) electrons. The number of benzene rings is 9. The highest BCUT2D eigenvalue weighted by Gasteiger charge is 2.18. The van der Waals surface area contributed by atoms with Crippen LogP contribution in [0.4, 0.5) is 0 Å². The van der Waals surface area contributed by atoms with Crippen molar-refractivity contribution in [2.24, 2.45) is 4.99 Å². The minimum atomic E-state index is 0.773. The van der Waals surface area contributed by atoms with E-state index in [0.717, 1.165) is 22.5 Å². The summed E-state index contributed by atoms with van der Waals surface area (Å²) in [5, 5.41) is 5.12. The van der Waals surface area contributed by atoms with E-state index >= 15 is 0 Å². The Morgan fingerprint density at radius 2 is 0.957 bits per heavy atom. The van der Waals surface area contributed by atoms with Gasteiger partial charge in [0.05, 0.1) is 33.5 Å². The van der Waals surface area contributed by atoms with Gasteiger partial charge in [0, 0.05) is 44.1 Å². The van der Waals surface area contributed by atoms with Crippen LogP contribution in [0.15, 0.2) is 254 Å². The van der Waals surface area contributed by atoms with E-state index in [9.17, 15) is 0 Å². The number of rotatable bonds is 7. The van der Waals surface area contributed by atoms with Gasteiger partial charge in [-0.15, -0.1) is 0 Å². The van der Waals surface area contributed by atoms with Crippen molar-refractivity contribution in [3.8, 4) is 33.6 Å². The molecule has 1 aliphatic carbocycles. The summed E-state index contributed by atoms with van der Waals surface area (Å²) >= 11 is 0. The minimum absolute atomic E-state index is 0.773. The maximum Gasteiger partial charge on any atom is 0.0712 e. The lowest BCUT2D eigenvalue weighted by Gasteiger charge is -2.17. The summed E-state index contributed by atoms with van der Waals surface area (Å²) in [5.41, 5.74) is 22.2. The van der Waals surface area contributed by atoms with E-state index in [1.807, 2.05) is 12.1 Å². The number of allylic oxidation sites excluding steroid dienone is 6. The molecule has 2 heterocycles. The fourth-order valence-corrected chi connectivity index (χ4v) is 10.2. The van der Waals surface area contributed by atoms with E-state index in [1.54, 1.807) is 0 Å². The second kappa shape index (κ2) is 18.7. The molecule has 70 heavy (non-hydrogen) atoms. The Bertz CT molecular complexity index is 3910. The van der Waals surface area contributed by atoms with Crippen LogP contribution < -0.4 is 0 Å². The van der Waals surface area contributed by atoms with E-state index in [-0.39, 0.29) is 0 Å². The largest absolute Gasteiger partial charge is 0.309 e. The van der Waals surface area contributed by atoms with Gasteiger partial charge >= 0.3 is 0 Å². The maximum atomic E-state index is 5.02. The first-order valence-electron chi connectivity index (χ1n) is 24.1. The van der Waals surface area contributed by atoms with Crippen LogP contribution in [0.5, 0.6) is 0 Å². The molecule has 0 saturated heterocycles. The van der Waals surface area contributed by atoms with Crippen LogP contribution in [0, 0.1) is 20.8 Å². The number of aryl methyl sites for hydroxylation is 3. The number of aromatic nitrogens is 2. The molecule has 0 atom stereocenters. The van der Waals surface area contributed by atoms with Gasteiger partial charge in [-0.1, -0.05) is 176 Å². The summed E-state index contributed by atoms with van der Waals surface area (Å²) in [6.07, 6.45) is 8.30. The van der Waals surface area contributed by atoms with Gasteiger partial charge in [-0.2, -0.15) is 0 Å². The molecule has 0 saturated carbocycles. The molecule has 3 heteroatoms. The van der Waals surface area contributed by atoms with E-state index in [0.29, 0.717) is 0 Å². The fourth-order valence-electron chi connectivity index (χ4n) is 10.2. The van der Waals surface area contributed by atoms with Crippen LogP contribution in [-0.2, 0) is 0 Å². The fraction of sp³-hybridized carbons (Fsp3) is 0.0597. The van der Waals surface area contributed by atoms with Crippen LogP contribution in [0.25, 0.3) is 88.5 Å². The van der Waals surface area contributed by atoms with Crippen LogP contribution >= 0.6 is 0 Å². The third-order valence-corrected chi connectivity index (χ3v) is 13.7. The summed E-state index contributed by atoms with van der Waals surface area (Å²) in [6, 6.07) is 75.9. The van der Waals surface area contributed by atoms with Crippen molar-refractivity contribution in [3.63, 3.8) is 0 Å². The van der Waals surface area contributed by atoms with E-state index in [2.05, 4.69) is 268 Å². The number of fused-ring (bicyclic) bond motifs is 6. The topological polar surface area (TPSA) is 22.2 Å². The van der Waals surface area contributed by atoms with E-state index < -0.39 is 0 Å². The Morgan fingerprint density at radius 1 is 0.443 bits per heavy atom. The summed E-state index contributed by atoms with van der Waals surface area (Å²) in [7, 11) is 0. The molecule has 0 unspecified atom stereocenters.